The fraction of sp³-hybridized carbons (Fsp3) is 1.00. The van der Waals surface area contributed by atoms with Gasteiger partial charge in [-0.05, 0) is 24.6 Å². The summed E-state index contributed by atoms with van der Waals surface area (Å²) in [5.41, 5.74) is 0. The van der Waals surface area contributed by atoms with Crippen LogP contribution in [0.3, 0.4) is 0 Å². The number of hydrogen-bond donors (Lipinski definition) is 0. The van der Waals surface area contributed by atoms with Crippen LogP contribution in [0.15, 0.2) is 0 Å². The molecule has 3 heteroatoms. The van der Waals surface area contributed by atoms with E-state index in [1.807, 2.05) is 0 Å². The molecule has 12 heavy (non-hydrogen) atoms. The van der Waals surface area contributed by atoms with Crippen molar-refractivity contribution < 1.29 is 4.53 Å². The predicted molar refractivity (Wildman–Crippen MR) is 54.5 cm³/mol. The van der Waals surface area contributed by atoms with E-state index in [-0.39, 0.29) is 0 Å². The third-order valence-electron chi connectivity index (χ3n) is 2.98. The fourth-order valence-corrected chi connectivity index (χ4v) is 1.94. The Morgan fingerprint density at radius 1 is 1.17 bits per heavy atom. The summed E-state index contributed by atoms with van der Waals surface area (Å²) in [6.07, 6.45) is 1.30. The Hall–Kier alpha value is 0.137. The first-order valence-electron chi connectivity index (χ1n) is 4.77. The van der Waals surface area contributed by atoms with Crippen LogP contribution in [0.4, 0.5) is 0 Å². The summed E-state index contributed by atoms with van der Waals surface area (Å²) in [5.74, 6) is 0. The molecule has 0 saturated carbocycles. The molecule has 0 spiro atoms. The van der Waals surface area contributed by atoms with Gasteiger partial charge in [0.25, 0.3) is 0 Å². The maximum atomic E-state index is 6.01. The molecule has 0 unspecified atom stereocenters. The van der Waals surface area contributed by atoms with Crippen LogP contribution in [0.2, 0.25) is 18.1 Å². The van der Waals surface area contributed by atoms with Crippen molar-refractivity contribution in [1.82, 2.24) is 5.06 Å². The van der Waals surface area contributed by atoms with E-state index >= 15 is 0 Å². The van der Waals surface area contributed by atoms with Crippen molar-refractivity contribution in [2.45, 2.75) is 45.3 Å². The molecule has 1 heterocycles. The van der Waals surface area contributed by atoms with Crippen LogP contribution in [-0.2, 0) is 4.53 Å². The van der Waals surface area contributed by atoms with Gasteiger partial charge in [-0.2, -0.15) is 0 Å². The van der Waals surface area contributed by atoms with Crippen LogP contribution in [0.1, 0.15) is 27.2 Å². The quantitative estimate of drug-likeness (QED) is 0.616. The third kappa shape index (κ3) is 2.09. The molecular formula is C9H21NOSi. The normalized spacial score (nSPS) is 20.8. The van der Waals surface area contributed by atoms with E-state index < -0.39 is 8.32 Å². The summed E-state index contributed by atoms with van der Waals surface area (Å²) in [4.78, 5) is 0. The lowest BCUT2D eigenvalue weighted by atomic mass is 10.2. The van der Waals surface area contributed by atoms with Crippen LogP contribution in [0.25, 0.3) is 0 Å². The summed E-state index contributed by atoms with van der Waals surface area (Å²) in [6.45, 7) is 13.7. The highest BCUT2D eigenvalue weighted by Crippen LogP contribution is 2.37. The van der Waals surface area contributed by atoms with Gasteiger partial charge in [-0.25, -0.2) is 5.06 Å². The molecule has 0 atom stereocenters. The Labute approximate surface area is 77.0 Å². The maximum Gasteiger partial charge on any atom is 0.220 e. The van der Waals surface area contributed by atoms with Gasteiger partial charge in [0.15, 0.2) is 0 Å². The van der Waals surface area contributed by atoms with Gasteiger partial charge in [0.05, 0.1) is 0 Å². The highest BCUT2D eigenvalue weighted by molar-refractivity contribution is 6.74. The first-order valence-corrected chi connectivity index (χ1v) is 7.68. The molecule has 0 N–H and O–H groups in total. The van der Waals surface area contributed by atoms with E-state index in [0.717, 1.165) is 13.1 Å². The average molecular weight is 187 g/mol. The lowest BCUT2D eigenvalue weighted by Crippen LogP contribution is -2.50. The zero-order chi connectivity index (χ0) is 9.41. The minimum absolute atomic E-state index is 0.336. The minimum atomic E-state index is -1.51. The summed E-state index contributed by atoms with van der Waals surface area (Å²) in [7, 11) is -1.51. The molecule has 1 aliphatic rings. The number of nitrogens with zero attached hydrogens (tertiary/aromatic N) is 1. The Kier molecular flexibility index (Phi) is 2.66. The van der Waals surface area contributed by atoms with Crippen molar-refractivity contribution in [3.63, 3.8) is 0 Å². The second kappa shape index (κ2) is 3.12. The molecule has 0 bridgehead atoms. The monoisotopic (exact) mass is 187 g/mol. The summed E-state index contributed by atoms with van der Waals surface area (Å²) in [6, 6.07) is 0. The van der Waals surface area contributed by atoms with E-state index in [1.165, 1.54) is 6.42 Å². The van der Waals surface area contributed by atoms with Crippen molar-refractivity contribution in [1.29, 1.82) is 0 Å². The van der Waals surface area contributed by atoms with Gasteiger partial charge in [0, 0.05) is 13.1 Å². The smallest absolute Gasteiger partial charge is 0.220 e. The molecule has 1 saturated heterocycles. The molecular weight excluding hydrogens is 166 g/mol. The largest absolute Gasteiger partial charge is 0.342 e. The van der Waals surface area contributed by atoms with Crippen LogP contribution >= 0.6 is 0 Å². The highest BCUT2D eigenvalue weighted by atomic mass is 28.4. The number of hydroxylamine groups is 2. The van der Waals surface area contributed by atoms with Crippen LogP contribution < -0.4 is 0 Å². The second-order valence-corrected chi connectivity index (χ2v) is 9.84. The van der Waals surface area contributed by atoms with E-state index in [1.54, 1.807) is 0 Å². The molecule has 0 amide bonds. The van der Waals surface area contributed by atoms with Crippen molar-refractivity contribution in [3.8, 4) is 0 Å². The van der Waals surface area contributed by atoms with Gasteiger partial charge in [0.2, 0.25) is 8.32 Å². The zero-order valence-electron chi connectivity index (χ0n) is 8.98. The second-order valence-electron chi connectivity index (χ2n) is 5.13. The lowest BCUT2D eigenvalue weighted by molar-refractivity contribution is -0.120. The standard InChI is InChI=1S/C9H21NOSi/c1-9(2,3)12(4,5)11-10-7-6-8-10/h6-8H2,1-5H3. The van der Waals surface area contributed by atoms with E-state index in [4.69, 9.17) is 4.53 Å². The molecule has 0 aromatic rings. The van der Waals surface area contributed by atoms with E-state index in [2.05, 4.69) is 38.9 Å². The lowest BCUT2D eigenvalue weighted by Gasteiger charge is -2.43. The maximum absolute atomic E-state index is 6.01. The Balaban J connectivity index is 2.46. The van der Waals surface area contributed by atoms with Crippen molar-refractivity contribution in [2.24, 2.45) is 0 Å². The van der Waals surface area contributed by atoms with Gasteiger partial charge in [-0.1, -0.05) is 20.8 Å². The highest BCUT2D eigenvalue weighted by Gasteiger charge is 2.40. The Morgan fingerprint density at radius 3 is 1.92 bits per heavy atom. The van der Waals surface area contributed by atoms with E-state index in [9.17, 15) is 0 Å². The number of rotatable bonds is 2. The van der Waals surface area contributed by atoms with Gasteiger partial charge >= 0.3 is 0 Å². The van der Waals surface area contributed by atoms with Crippen LogP contribution in [0.5, 0.6) is 0 Å². The van der Waals surface area contributed by atoms with Crippen molar-refractivity contribution >= 4 is 8.32 Å². The molecule has 0 aliphatic carbocycles. The topological polar surface area (TPSA) is 12.5 Å². The minimum Gasteiger partial charge on any atom is -0.342 e. The summed E-state index contributed by atoms with van der Waals surface area (Å²) < 4.78 is 6.01. The van der Waals surface area contributed by atoms with E-state index in [0.29, 0.717) is 5.04 Å². The molecule has 2 nitrogen and oxygen atoms in total. The number of hydrogen-bond acceptors (Lipinski definition) is 2. The first-order chi connectivity index (χ1) is 5.33. The van der Waals surface area contributed by atoms with Crippen molar-refractivity contribution in [2.75, 3.05) is 13.1 Å². The average Bonchev–Trinajstić information content (AvgIpc) is 1.76. The molecule has 72 valence electrons. The fourth-order valence-electron chi connectivity index (χ4n) is 0.838. The summed E-state index contributed by atoms with van der Waals surface area (Å²) in [5, 5.41) is 2.46. The van der Waals surface area contributed by atoms with Crippen LogP contribution in [0, 0.1) is 0 Å². The molecule has 1 fully saturated rings. The van der Waals surface area contributed by atoms with Gasteiger partial charge in [-0.3, -0.25) is 0 Å². The zero-order valence-corrected chi connectivity index (χ0v) is 9.98. The molecule has 1 rings (SSSR count). The predicted octanol–water partition coefficient (Wildman–Crippen LogP) is 2.63. The Morgan fingerprint density at radius 2 is 1.67 bits per heavy atom. The molecule has 0 aromatic carbocycles. The van der Waals surface area contributed by atoms with Gasteiger partial charge in [0.1, 0.15) is 0 Å². The van der Waals surface area contributed by atoms with Crippen molar-refractivity contribution in [3.05, 3.63) is 0 Å². The third-order valence-corrected chi connectivity index (χ3v) is 7.31. The Bertz CT molecular complexity index is 158. The van der Waals surface area contributed by atoms with Crippen LogP contribution in [-0.4, -0.2) is 26.5 Å². The molecule has 1 aliphatic heterocycles. The molecule has 0 radical (unpaired) electrons. The SMILES string of the molecule is CC(C)(C)[Si](C)(C)ON1CCC1. The summed E-state index contributed by atoms with van der Waals surface area (Å²) >= 11 is 0. The first kappa shape index (κ1) is 10.2. The molecule has 0 aromatic heterocycles. The van der Waals surface area contributed by atoms with Gasteiger partial charge in [-0.15, -0.1) is 0 Å². The van der Waals surface area contributed by atoms with Gasteiger partial charge < -0.3 is 4.53 Å².